The van der Waals surface area contributed by atoms with Crippen LogP contribution in [0.15, 0.2) is 60.7 Å². The first-order valence-corrected chi connectivity index (χ1v) is 10.7. The smallest absolute Gasteiger partial charge is 0.0123 e. The third-order valence-electron chi connectivity index (χ3n) is 6.80. The number of hydrogen-bond donors (Lipinski definition) is 0. The molecule has 3 aliphatic rings. The van der Waals surface area contributed by atoms with E-state index in [0.29, 0.717) is 0 Å². The van der Waals surface area contributed by atoms with Crippen molar-refractivity contribution in [3.05, 3.63) is 60.7 Å². The van der Waals surface area contributed by atoms with E-state index >= 15 is 0 Å². The molecule has 23 heavy (non-hydrogen) atoms. The molecule has 0 saturated heterocycles. The topological polar surface area (TPSA) is 0 Å². The molecule has 3 aliphatic carbocycles. The van der Waals surface area contributed by atoms with E-state index in [1.165, 1.54) is 25.7 Å². The summed E-state index contributed by atoms with van der Waals surface area (Å²) in [6.45, 7) is 0. The zero-order valence-electron chi connectivity index (χ0n) is 13.6. The van der Waals surface area contributed by atoms with E-state index in [9.17, 15) is 0 Å². The molecule has 0 amide bonds. The molecule has 3 fully saturated rings. The second-order valence-electron chi connectivity index (χ2n) is 7.83. The van der Waals surface area contributed by atoms with Gasteiger partial charge in [0.15, 0.2) is 0 Å². The lowest BCUT2D eigenvalue weighted by Crippen LogP contribution is -2.20. The van der Waals surface area contributed by atoms with E-state index in [1.807, 2.05) is 0 Å². The van der Waals surface area contributed by atoms with E-state index in [2.05, 4.69) is 60.7 Å². The third kappa shape index (κ3) is 2.38. The minimum Gasteiger partial charge on any atom is -0.0622 e. The van der Waals surface area contributed by atoms with Crippen LogP contribution in [0, 0.1) is 23.7 Å². The first-order chi connectivity index (χ1) is 11.4. The highest BCUT2D eigenvalue weighted by Crippen LogP contribution is 2.63. The van der Waals surface area contributed by atoms with Crippen LogP contribution in [0.2, 0.25) is 0 Å². The van der Waals surface area contributed by atoms with Crippen molar-refractivity contribution in [2.45, 2.75) is 37.8 Å². The summed E-state index contributed by atoms with van der Waals surface area (Å²) in [5.74, 6) is 4.30. The van der Waals surface area contributed by atoms with Gasteiger partial charge < -0.3 is 0 Å². The molecule has 4 atom stereocenters. The quantitative estimate of drug-likeness (QED) is 0.702. The maximum Gasteiger partial charge on any atom is -0.0123 e. The van der Waals surface area contributed by atoms with Crippen LogP contribution in [0.3, 0.4) is 0 Å². The molecule has 0 radical (unpaired) electrons. The van der Waals surface area contributed by atoms with Crippen molar-refractivity contribution in [1.29, 1.82) is 0 Å². The van der Waals surface area contributed by atoms with E-state index < -0.39 is 0 Å². The van der Waals surface area contributed by atoms with Crippen LogP contribution in [0.4, 0.5) is 0 Å². The van der Waals surface area contributed by atoms with Gasteiger partial charge in [-0.15, -0.1) is 0 Å². The van der Waals surface area contributed by atoms with Crippen molar-refractivity contribution in [1.82, 2.24) is 0 Å². The molecule has 3 saturated carbocycles. The maximum atomic E-state index is 2.38. The molecule has 0 aliphatic heterocycles. The summed E-state index contributed by atoms with van der Waals surface area (Å²) in [4.78, 5) is 0. The summed E-state index contributed by atoms with van der Waals surface area (Å²) in [6.07, 6.45) is 7.64. The van der Waals surface area contributed by atoms with Gasteiger partial charge in [-0.05, 0) is 80.0 Å². The lowest BCUT2D eigenvalue weighted by atomic mass is 9.82. The molecule has 2 aromatic carbocycles. The predicted octanol–water partition coefficient (Wildman–Crippen LogP) is 4.94. The molecule has 2 bridgehead atoms. The first-order valence-electron chi connectivity index (χ1n) is 9.29. The molecule has 4 unspecified atom stereocenters. The van der Waals surface area contributed by atoms with Gasteiger partial charge in [-0.1, -0.05) is 60.7 Å². The molecule has 0 nitrogen and oxygen atoms in total. The molecular weight excluding hydrogens is 295 g/mol. The van der Waals surface area contributed by atoms with Crippen molar-refractivity contribution >= 4 is 18.5 Å². The zero-order valence-corrected chi connectivity index (χ0v) is 14.5. The number of hydrogen-bond acceptors (Lipinski definition) is 0. The second-order valence-corrected chi connectivity index (χ2v) is 10.3. The monoisotopic (exact) mass is 320 g/mol. The highest BCUT2D eigenvalue weighted by atomic mass is 31.1. The molecule has 0 spiro atoms. The molecular formula is C22H25P. The van der Waals surface area contributed by atoms with Gasteiger partial charge in [0.2, 0.25) is 0 Å². The van der Waals surface area contributed by atoms with Crippen LogP contribution in [0.25, 0.3) is 0 Å². The molecule has 2 aromatic rings. The fraction of sp³-hybridized carbons (Fsp3) is 0.455. The van der Waals surface area contributed by atoms with Gasteiger partial charge in [0, 0.05) is 0 Å². The molecule has 0 N–H and O–H groups in total. The minimum atomic E-state index is -0.187. The lowest BCUT2D eigenvalue weighted by Gasteiger charge is -2.26. The molecule has 0 aromatic heterocycles. The van der Waals surface area contributed by atoms with Crippen LogP contribution >= 0.6 is 7.92 Å². The second kappa shape index (κ2) is 5.75. The van der Waals surface area contributed by atoms with Gasteiger partial charge in [-0.25, -0.2) is 0 Å². The van der Waals surface area contributed by atoms with Gasteiger partial charge in [-0.2, -0.15) is 0 Å². The molecule has 5 rings (SSSR count). The molecule has 118 valence electrons. The highest BCUT2D eigenvalue weighted by Gasteiger charge is 2.53. The van der Waals surface area contributed by atoms with Crippen molar-refractivity contribution in [2.24, 2.45) is 23.7 Å². The average molecular weight is 320 g/mol. The van der Waals surface area contributed by atoms with Gasteiger partial charge in [-0.3, -0.25) is 0 Å². The Labute approximate surface area is 141 Å². The standard InChI is InChI=1S/C22H25P/c1-3-7-18(8-4-1)23(19-9-5-2-6-10-19)20-14-21-16-11-12-17(13-16)22(21)15-20/h1-10,16-17,20-22H,11-15H2. The Balaban J connectivity index is 1.49. The minimum absolute atomic E-state index is 0.187. The van der Waals surface area contributed by atoms with Crippen molar-refractivity contribution in [2.75, 3.05) is 0 Å². The summed E-state index contributed by atoms with van der Waals surface area (Å²) >= 11 is 0. The van der Waals surface area contributed by atoms with Gasteiger partial charge >= 0.3 is 0 Å². The van der Waals surface area contributed by atoms with Crippen LogP contribution in [-0.2, 0) is 0 Å². The van der Waals surface area contributed by atoms with Crippen LogP contribution in [-0.4, -0.2) is 5.66 Å². The normalized spacial score (nSPS) is 34.9. The van der Waals surface area contributed by atoms with E-state index in [-0.39, 0.29) is 7.92 Å². The van der Waals surface area contributed by atoms with Crippen molar-refractivity contribution < 1.29 is 0 Å². The van der Waals surface area contributed by atoms with Crippen LogP contribution in [0.1, 0.15) is 32.1 Å². The third-order valence-corrected chi connectivity index (χ3v) is 9.66. The Bertz CT molecular complexity index is 607. The van der Waals surface area contributed by atoms with E-state index in [4.69, 9.17) is 0 Å². The molecule has 1 heteroatoms. The summed E-state index contributed by atoms with van der Waals surface area (Å²) < 4.78 is 0. The lowest BCUT2D eigenvalue weighted by molar-refractivity contribution is 0.259. The Morgan fingerprint density at radius 3 is 1.57 bits per heavy atom. The summed E-state index contributed by atoms with van der Waals surface area (Å²) in [5.41, 5.74) is 0.910. The number of benzene rings is 2. The molecule has 0 heterocycles. The van der Waals surface area contributed by atoms with Crippen LogP contribution in [0.5, 0.6) is 0 Å². The maximum absolute atomic E-state index is 2.38. The van der Waals surface area contributed by atoms with E-state index in [0.717, 1.165) is 29.3 Å². The fourth-order valence-electron chi connectivity index (χ4n) is 5.95. The number of fused-ring (bicyclic) bond motifs is 5. The van der Waals surface area contributed by atoms with Crippen LogP contribution < -0.4 is 10.6 Å². The van der Waals surface area contributed by atoms with Gasteiger partial charge in [0.25, 0.3) is 0 Å². The Morgan fingerprint density at radius 1 is 0.609 bits per heavy atom. The Kier molecular flexibility index (Phi) is 3.56. The number of rotatable bonds is 3. The average Bonchev–Trinajstić information content (AvgIpc) is 3.30. The van der Waals surface area contributed by atoms with Crippen molar-refractivity contribution in [3.63, 3.8) is 0 Å². The summed E-state index contributed by atoms with van der Waals surface area (Å²) in [7, 11) is -0.187. The van der Waals surface area contributed by atoms with Crippen molar-refractivity contribution in [3.8, 4) is 0 Å². The SMILES string of the molecule is c1ccc(P(c2ccccc2)C2CC3C4CCC(C4)C3C2)cc1. The first kappa shape index (κ1) is 14.2. The Morgan fingerprint density at radius 2 is 1.09 bits per heavy atom. The Hall–Kier alpha value is -1.13. The summed E-state index contributed by atoms with van der Waals surface area (Å²) in [5, 5.41) is 3.18. The predicted molar refractivity (Wildman–Crippen MR) is 99.9 cm³/mol. The van der Waals surface area contributed by atoms with Gasteiger partial charge in [0.1, 0.15) is 0 Å². The highest BCUT2D eigenvalue weighted by molar-refractivity contribution is 7.73. The summed E-state index contributed by atoms with van der Waals surface area (Å²) in [6, 6.07) is 22.7. The van der Waals surface area contributed by atoms with Gasteiger partial charge in [0.05, 0.1) is 0 Å². The fourth-order valence-corrected chi connectivity index (χ4v) is 8.98. The zero-order chi connectivity index (χ0) is 15.2. The van der Waals surface area contributed by atoms with E-state index in [1.54, 1.807) is 17.0 Å². The largest absolute Gasteiger partial charge is 0.0622 e.